The molecule has 4 rings (SSSR count). The van der Waals surface area contributed by atoms with E-state index >= 15 is 0 Å². The summed E-state index contributed by atoms with van der Waals surface area (Å²) in [7, 11) is 1.47. The molecule has 34 heavy (non-hydrogen) atoms. The molecule has 3 aromatic rings. The van der Waals surface area contributed by atoms with E-state index in [1.807, 2.05) is 31.2 Å². The normalized spacial score (nSPS) is 16.9. The molecule has 1 aromatic carbocycles. The smallest absolute Gasteiger partial charge is 0.411 e. The molecule has 0 radical (unpaired) electrons. The van der Waals surface area contributed by atoms with Gasteiger partial charge in [-0.1, -0.05) is 49.4 Å². The Balaban J connectivity index is 1.45. The Morgan fingerprint density at radius 3 is 2.85 bits per heavy atom. The number of aromatic nitrogens is 4. The summed E-state index contributed by atoms with van der Waals surface area (Å²) in [6, 6.07) is 7.93. The largest absolute Gasteiger partial charge is 0.481 e. The van der Waals surface area contributed by atoms with Crippen molar-refractivity contribution in [3.8, 4) is 17.4 Å². The Kier molecular flexibility index (Phi) is 6.58. The maximum absolute atomic E-state index is 14.0. The topological polar surface area (TPSA) is 111 Å². The number of halogens is 1. The number of allylic oxidation sites excluding steroid dienone is 3. The second kappa shape index (κ2) is 9.74. The Morgan fingerprint density at radius 1 is 1.32 bits per heavy atom. The summed E-state index contributed by atoms with van der Waals surface area (Å²) in [5.74, 6) is 0.174. The fourth-order valence-electron chi connectivity index (χ4n) is 3.45. The zero-order valence-electron chi connectivity index (χ0n) is 18.7. The van der Waals surface area contributed by atoms with Crippen LogP contribution in [0.4, 0.5) is 14.9 Å². The molecule has 1 amide bonds. The van der Waals surface area contributed by atoms with Gasteiger partial charge in [-0.25, -0.2) is 18.9 Å². The second-order valence-corrected chi connectivity index (χ2v) is 8.14. The first-order valence-electron chi connectivity index (χ1n) is 10.6. The SMILES string of the molecule is COc1cc(-c2ncc(NC(=O)OCC3(C)C=CC=CC3)c(=O)[nH]2)nn1Cc1ccccc1F. The van der Waals surface area contributed by atoms with Gasteiger partial charge < -0.3 is 14.5 Å². The average Bonchev–Trinajstić information content (AvgIpc) is 3.24. The lowest BCUT2D eigenvalue weighted by Crippen LogP contribution is -2.27. The minimum atomic E-state index is -0.750. The molecule has 1 atom stereocenters. The van der Waals surface area contributed by atoms with Gasteiger partial charge in [0.1, 0.15) is 23.8 Å². The first kappa shape index (κ1) is 23.0. The Bertz CT molecular complexity index is 1310. The van der Waals surface area contributed by atoms with Crippen molar-refractivity contribution in [1.29, 1.82) is 0 Å². The van der Waals surface area contributed by atoms with Gasteiger partial charge in [-0.15, -0.1) is 0 Å². The number of anilines is 1. The van der Waals surface area contributed by atoms with Crippen LogP contribution < -0.4 is 15.6 Å². The summed E-state index contributed by atoms with van der Waals surface area (Å²) in [6.45, 7) is 2.28. The quantitative estimate of drug-likeness (QED) is 0.548. The molecule has 9 nitrogen and oxygen atoms in total. The van der Waals surface area contributed by atoms with Gasteiger partial charge in [-0.05, 0) is 12.5 Å². The van der Waals surface area contributed by atoms with Crippen LogP contribution in [-0.2, 0) is 11.3 Å². The summed E-state index contributed by atoms with van der Waals surface area (Å²) in [5.41, 5.74) is -0.165. The Hall–Kier alpha value is -4.21. The highest BCUT2D eigenvalue weighted by atomic mass is 19.1. The number of benzene rings is 1. The molecule has 1 unspecified atom stereocenters. The number of amides is 1. The highest BCUT2D eigenvalue weighted by molar-refractivity contribution is 5.84. The lowest BCUT2D eigenvalue weighted by molar-refractivity contribution is 0.123. The van der Waals surface area contributed by atoms with Crippen LogP contribution in [0.5, 0.6) is 5.88 Å². The minimum absolute atomic E-state index is 0.0595. The van der Waals surface area contributed by atoms with Gasteiger partial charge in [-0.2, -0.15) is 5.10 Å². The maximum atomic E-state index is 14.0. The van der Waals surface area contributed by atoms with Gasteiger partial charge in [-0.3, -0.25) is 10.1 Å². The second-order valence-electron chi connectivity index (χ2n) is 8.14. The number of methoxy groups -OCH3 is 1. The molecule has 0 saturated heterocycles. The van der Waals surface area contributed by atoms with E-state index in [1.54, 1.807) is 24.3 Å². The molecule has 0 spiro atoms. The molecule has 1 aliphatic carbocycles. The number of rotatable bonds is 7. The van der Waals surface area contributed by atoms with Crippen LogP contribution in [0.1, 0.15) is 18.9 Å². The molecule has 2 aromatic heterocycles. The highest BCUT2D eigenvalue weighted by Crippen LogP contribution is 2.27. The molecule has 10 heteroatoms. The number of H-pyrrole nitrogens is 1. The van der Waals surface area contributed by atoms with Crippen LogP contribution in [0, 0.1) is 11.2 Å². The van der Waals surface area contributed by atoms with Gasteiger partial charge in [0.2, 0.25) is 5.88 Å². The molecule has 0 saturated carbocycles. The third-order valence-electron chi connectivity index (χ3n) is 5.37. The van der Waals surface area contributed by atoms with Gasteiger partial charge in [0.05, 0.1) is 19.9 Å². The van der Waals surface area contributed by atoms with E-state index in [-0.39, 0.29) is 35.9 Å². The Morgan fingerprint density at radius 2 is 2.15 bits per heavy atom. The van der Waals surface area contributed by atoms with E-state index in [0.717, 1.165) is 6.42 Å². The standard InChI is InChI=1S/C24H24FN5O4/c1-24(10-6-3-7-11-24)15-34-23(32)27-19-13-26-21(28-22(19)31)18-12-20(33-2)30(29-18)14-16-8-4-5-9-17(16)25/h3-10,12-13H,11,14-15H2,1-2H3,(H,27,32)(H,26,28,31). The van der Waals surface area contributed by atoms with Gasteiger partial charge in [0, 0.05) is 17.0 Å². The van der Waals surface area contributed by atoms with Crippen LogP contribution >= 0.6 is 0 Å². The van der Waals surface area contributed by atoms with E-state index in [9.17, 15) is 14.0 Å². The van der Waals surface area contributed by atoms with E-state index in [0.29, 0.717) is 17.1 Å². The molecule has 2 heterocycles. The monoisotopic (exact) mass is 465 g/mol. The first-order valence-corrected chi connectivity index (χ1v) is 10.6. The summed E-state index contributed by atoms with van der Waals surface area (Å²) < 4.78 is 26.1. The fraction of sp³-hybridized carbons (Fsp3) is 0.250. The van der Waals surface area contributed by atoms with Crippen molar-refractivity contribution in [2.75, 3.05) is 19.0 Å². The van der Waals surface area contributed by atoms with Crippen LogP contribution in [0.2, 0.25) is 0 Å². The number of nitrogens with one attached hydrogen (secondary N) is 2. The highest BCUT2D eigenvalue weighted by Gasteiger charge is 2.23. The molecular formula is C24H24FN5O4. The number of nitrogens with zero attached hydrogens (tertiary/aromatic N) is 3. The van der Waals surface area contributed by atoms with Crippen molar-refractivity contribution in [2.45, 2.75) is 19.9 Å². The van der Waals surface area contributed by atoms with Crippen molar-refractivity contribution in [2.24, 2.45) is 5.41 Å². The molecule has 0 aliphatic heterocycles. The van der Waals surface area contributed by atoms with Crippen molar-refractivity contribution in [3.05, 3.63) is 82.6 Å². The predicted octanol–water partition coefficient (Wildman–Crippen LogP) is 3.90. The van der Waals surface area contributed by atoms with E-state index in [2.05, 4.69) is 20.4 Å². The van der Waals surface area contributed by atoms with Crippen LogP contribution in [-0.4, -0.2) is 39.6 Å². The van der Waals surface area contributed by atoms with E-state index in [1.165, 1.54) is 24.1 Å². The van der Waals surface area contributed by atoms with Crippen LogP contribution in [0.25, 0.3) is 11.5 Å². The number of ether oxygens (including phenoxy) is 2. The number of aromatic amines is 1. The first-order chi connectivity index (χ1) is 16.4. The third-order valence-corrected chi connectivity index (χ3v) is 5.37. The van der Waals surface area contributed by atoms with Crippen LogP contribution in [0.15, 0.2) is 65.6 Å². The van der Waals surface area contributed by atoms with Crippen molar-refractivity contribution >= 4 is 11.8 Å². The average molecular weight is 465 g/mol. The van der Waals surface area contributed by atoms with Crippen molar-refractivity contribution in [3.63, 3.8) is 0 Å². The molecule has 0 fully saturated rings. The molecular weight excluding hydrogens is 441 g/mol. The zero-order chi connectivity index (χ0) is 24.1. The van der Waals surface area contributed by atoms with E-state index in [4.69, 9.17) is 9.47 Å². The summed E-state index contributed by atoms with van der Waals surface area (Å²) in [6.07, 6.45) is 9.05. The summed E-state index contributed by atoms with van der Waals surface area (Å²) in [5, 5.41) is 6.79. The maximum Gasteiger partial charge on any atom is 0.411 e. The predicted molar refractivity (Wildman–Crippen MR) is 124 cm³/mol. The number of carbonyl (C=O) groups is 1. The molecule has 0 bridgehead atoms. The molecule has 176 valence electrons. The number of hydrogen-bond donors (Lipinski definition) is 2. The summed E-state index contributed by atoms with van der Waals surface area (Å²) >= 11 is 0. The van der Waals surface area contributed by atoms with Gasteiger partial charge >= 0.3 is 6.09 Å². The van der Waals surface area contributed by atoms with Crippen molar-refractivity contribution in [1.82, 2.24) is 19.7 Å². The third kappa shape index (κ3) is 5.22. The number of carbonyl (C=O) groups excluding carboxylic acids is 1. The summed E-state index contributed by atoms with van der Waals surface area (Å²) in [4.78, 5) is 31.5. The lowest BCUT2D eigenvalue weighted by atomic mass is 9.85. The molecule has 2 N–H and O–H groups in total. The van der Waals surface area contributed by atoms with Gasteiger partial charge in [0.25, 0.3) is 5.56 Å². The van der Waals surface area contributed by atoms with E-state index < -0.39 is 11.7 Å². The number of hydrogen-bond acceptors (Lipinski definition) is 6. The van der Waals surface area contributed by atoms with Gasteiger partial charge in [0.15, 0.2) is 5.82 Å². The Labute approximate surface area is 194 Å². The van der Waals surface area contributed by atoms with Crippen LogP contribution in [0.3, 0.4) is 0 Å². The zero-order valence-corrected chi connectivity index (χ0v) is 18.7. The lowest BCUT2D eigenvalue weighted by Gasteiger charge is -2.25. The fourth-order valence-corrected chi connectivity index (χ4v) is 3.45. The molecule has 1 aliphatic rings. The van der Waals surface area contributed by atoms with Crippen molar-refractivity contribution < 1.29 is 18.7 Å². The minimum Gasteiger partial charge on any atom is -0.481 e.